The van der Waals surface area contributed by atoms with Crippen LogP contribution in [0.1, 0.15) is 91.8 Å². The minimum absolute atomic E-state index is 0.0828. The fourth-order valence-electron chi connectivity index (χ4n) is 4.81. The van der Waals surface area contributed by atoms with E-state index in [0.29, 0.717) is 22.3 Å². The Labute approximate surface area is 232 Å². The van der Waals surface area contributed by atoms with Gasteiger partial charge in [0.25, 0.3) is 5.91 Å². The van der Waals surface area contributed by atoms with Crippen molar-refractivity contribution >= 4 is 23.2 Å². The molecule has 1 amide bonds. The summed E-state index contributed by atoms with van der Waals surface area (Å²) in [6, 6.07) is 14.5. The number of carboxylic acid groups (broad SMARTS) is 1. The fraction of sp³-hybridized carbons (Fsp3) is 0.469. The van der Waals surface area contributed by atoms with Gasteiger partial charge in [-0.15, -0.1) is 0 Å². The van der Waals surface area contributed by atoms with Crippen molar-refractivity contribution in [2.45, 2.75) is 72.3 Å². The quantitative estimate of drug-likeness (QED) is 0.231. The van der Waals surface area contributed by atoms with Gasteiger partial charge in [0.15, 0.2) is 0 Å². The smallest absolute Gasteiger partial charge is 0.323 e. The lowest BCUT2D eigenvalue weighted by molar-refractivity contribution is -0.138. The van der Waals surface area contributed by atoms with E-state index in [0.717, 1.165) is 19.4 Å². The average molecular weight is 534 g/mol. The maximum atomic E-state index is 13.3. The van der Waals surface area contributed by atoms with E-state index in [4.69, 9.17) is 0 Å². The van der Waals surface area contributed by atoms with Crippen LogP contribution in [0, 0.1) is 0 Å². The predicted octanol–water partition coefficient (Wildman–Crippen LogP) is 5.94. The zero-order chi connectivity index (χ0) is 28.4. The van der Waals surface area contributed by atoms with Crippen molar-refractivity contribution in [3.05, 3.63) is 77.1 Å². The molecule has 0 bridgehead atoms. The first-order chi connectivity index (χ1) is 18.7. The van der Waals surface area contributed by atoms with E-state index in [9.17, 15) is 19.5 Å². The molecular weight excluding hydrogens is 490 g/mol. The van der Waals surface area contributed by atoms with Crippen LogP contribution in [0.3, 0.4) is 0 Å². The number of nitrogens with zero attached hydrogens (tertiary/aromatic N) is 3. The highest BCUT2D eigenvalue weighted by molar-refractivity contribution is 6.08. The summed E-state index contributed by atoms with van der Waals surface area (Å²) in [6.45, 7) is 11.1. The standard InChI is InChI=1S/C32H43N3O4/c1-5-7-18-33(19-8-6-2)20-9-10-25-11-13-26(14-12-25)31(38)29-16-15-28-22-27(17-21-34(28)29)32(39)35(24(3)4)23-30(36)37/h11-17,21-22,24H,5-10,18-20,23H2,1-4H3,(H,36,37). The van der Waals surface area contributed by atoms with Gasteiger partial charge in [0.1, 0.15) is 6.54 Å². The number of benzene rings is 1. The summed E-state index contributed by atoms with van der Waals surface area (Å²) in [4.78, 5) is 41.4. The van der Waals surface area contributed by atoms with Crippen molar-refractivity contribution in [2.75, 3.05) is 26.2 Å². The van der Waals surface area contributed by atoms with Crippen LogP contribution in [0.25, 0.3) is 5.52 Å². The van der Waals surface area contributed by atoms with Gasteiger partial charge < -0.3 is 19.3 Å². The summed E-state index contributed by atoms with van der Waals surface area (Å²) in [7, 11) is 0. The first kappa shape index (κ1) is 30.1. The Balaban J connectivity index is 1.66. The van der Waals surface area contributed by atoms with Gasteiger partial charge in [-0.1, -0.05) is 51.0 Å². The third-order valence-electron chi connectivity index (χ3n) is 7.14. The fourth-order valence-corrected chi connectivity index (χ4v) is 4.81. The molecule has 0 aliphatic carbocycles. The van der Waals surface area contributed by atoms with E-state index in [2.05, 4.69) is 18.7 Å². The SMILES string of the molecule is CCCCN(CCCC)CCCc1ccc(C(=O)c2ccc3cc(C(=O)N(CC(=O)O)C(C)C)ccn23)cc1. The number of hydrogen-bond acceptors (Lipinski definition) is 4. The Bertz CT molecular complexity index is 1240. The number of fused-ring (bicyclic) bond motifs is 1. The zero-order valence-corrected chi connectivity index (χ0v) is 23.9. The van der Waals surface area contributed by atoms with Crippen LogP contribution in [0.2, 0.25) is 0 Å². The van der Waals surface area contributed by atoms with Crippen LogP contribution in [-0.2, 0) is 11.2 Å². The Hall–Kier alpha value is -3.45. The van der Waals surface area contributed by atoms with Crippen LogP contribution >= 0.6 is 0 Å². The van der Waals surface area contributed by atoms with Crippen LogP contribution in [0.15, 0.2) is 54.7 Å². The Morgan fingerprint density at radius 1 is 0.846 bits per heavy atom. The van der Waals surface area contributed by atoms with Crippen molar-refractivity contribution in [3.8, 4) is 0 Å². The molecule has 7 heteroatoms. The van der Waals surface area contributed by atoms with E-state index in [1.807, 2.05) is 24.3 Å². The van der Waals surface area contributed by atoms with E-state index < -0.39 is 5.97 Å². The van der Waals surface area contributed by atoms with Gasteiger partial charge in [0, 0.05) is 28.9 Å². The number of hydrogen-bond donors (Lipinski definition) is 1. The van der Waals surface area contributed by atoms with E-state index in [1.165, 1.54) is 49.2 Å². The molecule has 1 N–H and O–H groups in total. The van der Waals surface area contributed by atoms with Crippen LogP contribution < -0.4 is 0 Å². The molecule has 0 spiro atoms. The number of unbranched alkanes of at least 4 members (excludes halogenated alkanes) is 2. The van der Waals surface area contributed by atoms with Gasteiger partial charge >= 0.3 is 5.97 Å². The molecule has 0 aliphatic rings. The van der Waals surface area contributed by atoms with E-state index in [-0.39, 0.29) is 24.3 Å². The monoisotopic (exact) mass is 533 g/mol. The Morgan fingerprint density at radius 2 is 1.49 bits per heavy atom. The molecule has 2 heterocycles. The topological polar surface area (TPSA) is 82.3 Å². The number of carbonyl (C=O) groups is 3. The van der Waals surface area contributed by atoms with Crippen molar-refractivity contribution in [1.29, 1.82) is 0 Å². The first-order valence-electron chi connectivity index (χ1n) is 14.2. The third-order valence-corrected chi connectivity index (χ3v) is 7.14. The number of carboxylic acids is 1. The van der Waals surface area contributed by atoms with Gasteiger partial charge in [-0.05, 0) is 89.0 Å². The molecule has 3 rings (SSSR count). The van der Waals surface area contributed by atoms with Gasteiger partial charge in [-0.2, -0.15) is 0 Å². The molecule has 2 aromatic heterocycles. The molecule has 1 aromatic carbocycles. The van der Waals surface area contributed by atoms with Crippen molar-refractivity contribution in [1.82, 2.24) is 14.2 Å². The summed E-state index contributed by atoms with van der Waals surface area (Å²) in [5.41, 5.74) is 3.47. The molecule has 0 fully saturated rings. The number of aromatic nitrogens is 1. The first-order valence-corrected chi connectivity index (χ1v) is 14.2. The number of ketones is 1. The second-order valence-corrected chi connectivity index (χ2v) is 10.5. The summed E-state index contributed by atoms with van der Waals surface area (Å²) < 4.78 is 1.77. The Kier molecular flexibility index (Phi) is 11.3. The van der Waals surface area contributed by atoms with E-state index in [1.54, 1.807) is 48.7 Å². The van der Waals surface area contributed by atoms with E-state index >= 15 is 0 Å². The molecule has 7 nitrogen and oxygen atoms in total. The highest BCUT2D eigenvalue weighted by Gasteiger charge is 2.22. The van der Waals surface area contributed by atoms with Crippen molar-refractivity contribution < 1.29 is 19.5 Å². The van der Waals surface area contributed by atoms with Gasteiger partial charge in [-0.25, -0.2) is 0 Å². The molecule has 0 unspecified atom stereocenters. The molecular formula is C32H43N3O4. The predicted molar refractivity (Wildman–Crippen MR) is 156 cm³/mol. The number of pyridine rings is 1. The maximum Gasteiger partial charge on any atom is 0.323 e. The average Bonchev–Trinajstić information content (AvgIpc) is 3.35. The van der Waals surface area contributed by atoms with Gasteiger partial charge in [-0.3, -0.25) is 14.4 Å². The number of aliphatic carboxylic acids is 1. The normalized spacial score (nSPS) is 11.4. The molecule has 3 aromatic rings. The minimum atomic E-state index is -1.05. The van der Waals surface area contributed by atoms with Crippen LogP contribution in [0.4, 0.5) is 0 Å². The van der Waals surface area contributed by atoms with Gasteiger partial charge in [0.2, 0.25) is 5.78 Å². The number of aryl methyl sites for hydroxylation is 1. The van der Waals surface area contributed by atoms with Gasteiger partial charge in [0.05, 0.1) is 5.69 Å². The zero-order valence-electron chi connectivity index (χ0n) is 23.9. The lowest BCUT2D eigenvalue weighted by Gasteiger charge is -2.25. The molecule has 0 saturated carbocycles. The number of rotatable bonds is 16. The molecule has 39 heavy (non-hydrogen) atoms. The molecule has 0 atom stereocenters. The number of amides is 1. The summed E-state index contributed by atoms with van der Waals surface area (Å²) >= 11 is 0. The lowest BCUT2D eigenvalue weighted by atomic mass is 10.0. The highest BCUT2D eigenvalue weighted by Crippen LogP contribution is 2.19. The highest BCUT2D eigenvalue weighted by atomic mass is 16.4. The molecule has 0 radical (unpaired) electrons. The van der Waals surface area contributed by atoms with Crippen molar-refractivity contribution in [2.24, 2.45) is 0 Å². The second-order valence-electron chi connectivity index (χ2n) is 10.5. The second kappa shape index (κ2) is 14.6. The molecule has 210 valence electrons. The van der Waals surface area contributed by atoms with Crippen LogP contribution in [0.5, 0.6) is 0 Å². The molecule has 0 saturated heterocycles. The Morgan fingerprint density at radius 3 is 2.08 bits per heavy atom. The largest absolute Gasteiger partial charge is 0.480 e. The summed E-state index contributed by atoms with van der Waals surface area (Å²) in [5, 5.41) is 9.17. The number of carbonyl (C=O) groups excluding carboxylic acids is 2. The third kappa shape index (κ3) is 8.27. The summed E-state index contributed by atoms with van der Waals surface area (Å²) in [5.74, 6) is -1.49. The summed E-state index contributed by atoms with van der Waals surface area (Å²) in [6.07, 6.45) is 8.72. The molecule has 0 aliphatic heterocycles. The lowest BCUT2D eigenvalue weighted by Crippen LogP contribution is -2.40. The maximum absolute atomic E-state index is 13.3. The van der Waals surface area contributed by atoms with Crippen LogP contribution in [-0.4, -0.2) is 69.2 Å². The van der Waals surface area contributed by atoms with Crippen molar-refractivity contribution in [3.63, 3.8) is 0 Å². The minimum Gasteiger partial charge on any atom is -0.480 e.